The quantitative estimate of drug-likeness (QED) is 0.672. The first-order valence-electron chi connectivity index (χ1n) is 10.00. The van der Waals surface area contributed by atoms with Crippen LogP contribution < -0.4 is 5.32 Å². The first kappa shape index (κ1) is 20.3. The van der Waals surface area contributed by atoms with E-state index in [1.54, 1.807) is 18.3 Å². The summed E-state index contributed by atoms with van der Waals surface area (Å²) in [5.74, 6) is 6.03. The van der Waals surface area contributed by atoms with Crippen LogP contribution in [0.15, 0.2) is 66.9 Å². The van der Waals surface area contributed by atoms with Crippen molar-refractivity contribution < 1.29 is 9.53 Å². The topological polar surface area (TPSA) is 75.0 Å². The molecule has 2 aromatic carbocycles. The molecule has 0 radical (unpaired) electrons. The van der Waals surface area contributed by atoms with E-state index in [0.29, 0.717) is 18.8 Å². The minimum absolute atomic E-state index is 0.211. The van der Waals surface area contributed by atoms with E-state index in [-0.39, 0.29) is 12.5 Å². The zero-order valence-electron chi connectivity index (χ0n) is 17.2. The van der Waals surface area contributed by atoms with Crippen molar-refractivity contribution in [2.75, 3.05) is 6.61 Å². The summed E-state index contributed by atoms with van der Waals surface area (Å²) in [5.41, 5.74) is 4.06. The van der Waals surface area contributed by atoms with Gasteiger partial charge in [0.2, 0.25) is 0 Å². The molecule has 1 amide bonds. The van der Waals surface area contributed by atoms with Gasteiger partial charge in [-0.25, -0.2) is 0 Å². The third kappa shape index (κ3) is 4.64. The maximum Gasteiger partial charge on any atom is 0.251 e. The predicted molar refractivity (Wildman–Crippen MR) is 117 cm³/mol. The van der Waals surface area contributed by atoms with Gasteiger partial charge in [-0.1, -0.05) is 36.1 Å². The standard InChI is InChI=1S/C26H21N3O2/c1-26(17-27)18-31-16-22-10-9-21(14-24(22)26)25(30)29-15-23-13-20(11-12-28-23)8-7-19-5-3-2-4-6-19/h2-6,9-14H,15-16,18H2,1H3,(H,29,30)/t26-/m1/s1. The van der Waals surface area contributed by atoms with Gasteiger partial charge >= 0.3 is 0 Å². The number of carbonyl (C=O) groups excluding carboxylic acids is 1. The average Bonchev–Trinajstić information content (AvgIpc) is 2.82. The van der Waals surface area contributed by atoms with Crippen LogP contribution in [0.3, 0.4) is 0 Å². The molecule has 0 unspecified atom stereocenters. The highest BCUT2D eigenvalue weighted by Crippen LogP contribution is 2.32. The third-order valence-corrected chi connectivity index (χ3v) is 5.23. The summed E-state index contributed by atoms with van der Waals surface area (Å²) in [7, 11) is 0. The Morgan fingerprint density at radius 2 is 1.94 bits per heavy atom. The number of hydrogen-bond donors (Lipinski definition) is 1. The maximum absolute atomic E-state index is 12.7. The number of ether oxygens (including phenoxy) is 1. The van der Waals surface area contributed by atoms with Crippen molar-refractivity contribution in [1.29, 1.82) is 5.26 Å². The lowest BCUT2D eigenvalue weighted by Gasteiger charge is -2.30. The molecule has 1 aliphatic heterocycles. The van der Waals surface area contributed by atoms with Gasteiger partial charge in [0.05, 0.1) is 31.5 Å². The molecule has 0 fully saturated rings. The lowest BCUT2D eigenvalue weighted by atomic mass is 9.79. The Balaban J connectivity index is 1.46. The van der Waals surface area contributed by atoms with Gasteiger partial charge in [0.25, 0.3) is 5.91 Å². The first-order valence-corrected chi connectivity index (χ1v) is 10.00. The van der Waals surface area contributed by atoms with Crippen LogP contribution in [0.4, 0.5) is 0 Å². The van der Waals surface area contributed by atoms with Crippen molar-refractivity contribution in [3.8, 4) is 17.9 Å². The van der Waals surface area contributed by atoms with Gasteiger partial charge < -0.3 is 10.1 Å². The fourth-order valence-corrected chi connectivity index (χ4v) is 3.48. The molecule has 5 heteroatoms. The predicted octanol–water partition coefficient (Wildman–Crippen LogP) is 3.72. The van der Waals surface area contributed by atoms with Crippen LogP contribution in [0.2, 0.25) is 0 Å². The van der Waals surface area contributed by atoms with Crippen LogP contribution in [-0.2, 0) is 23.3 Å². The smallest absolute Gasteiger partial charge is 0.251 e. The molecular weight excluding hydrogens is 386 g/mol. The van der Waals surface area contributed by atoms with Crippen LogP contribution in [-0.4, -0.2) is 17.5 Å². The Kier molecular flexibility index (Phi) is 5.80. The molecule has 152 valence electrons. The summed E-state index contributed by atoms with van der Waals surface area (Å²) >= 11 is 0. The number of nitrogens with zero attached hydrogens (tertiary/aromatic N) is 2. The summed E-state index contributed by atoms with van der Waals surface area (Å²) in [4.78, 5) is 17.0. The highest BCUT2D eigenvalue weighted by molar-refractivity contribution is 5.94. The molecule has 2 heterocycles. The molecular formula is C26H21N3O2. The fraction of sp³-hybridized carbons (Fsp3) is 0.192. The van der Waals surface area contributed by atoms with Gasteiger partial charge in [0.15, 0.2) is 0 Å². The summed E-state index contributed by atoms with van der Waals surface area (Å²) in [6.45, 7) is 2.89. The molecule has 0 saturated heterocycles. The van der Waals surface area contributed by atoms with E-state index in [1.165, 1.54) is 0 Å². The van der Waals surface area contributed by atoms with E-state index in [4.69, 9.17) is 4.74 Å². The highest BCUT2D eigenvalue weighted by atomic mass is 16.5. The van der Waals surface area contributed by atoms with Gasteiger partial charge in [-0.2, -0.15) is 5.26 Å². The lowest BCUT2D eigenvalue weighted by molar-refractivity contribution is 0.0757. The van der Waals surface area contributed by atoms with Gasteiger partial charge in [0, 0.05) is 22.9 Å². The van der Waals surface area contributed by atoms with Gasteiger partial charge in [-0.15, -0.1) is 0 Å². The molecule has 31 heavy (non-hydrogen) atoms. The monoisotopic (exact) mass is 407 g/mol. The normalized spacial score (nSPS) is 16.9. The Morgan fingerprint density at radius 1 is 1.13 bits per heavy atom. The van der Waals surface area contributed by atoms with E-state index in [9.17, 15) is 10.1 Å². The minimum atomic E-state index is -0.753. The number of amides is 1. The molecule has 1 aromatic heterocycles. The number of nitriles is 1. The SMILES string of the molecule is C[C@@]1(C#N)COCc2ccc(C(=O)NCc3cc(C#Cc4ccccc4)ccn3)cc21. The second-order valence-corrected chi connectivity index (χ2v) is 7.64. The largest absolute Gasteiger partial charge is 0.375 e. The molecule has 1 atom stereocenters. The van der Waals surface area contributed by atoms with Crippen LogP contribution in [0.1, 0.15) is 45.2 Å². The number of pyridine rings is 1. The van der Waals surface area contributed by atoms with Crippen LogP contribution >= 0.6 is 0 Å². The number of aromatic nitrogens is 1. The van der Waals surface area contributed by atoms with Gasteiger partial charge in [-0.05, 0) is 54.4 Å². The van der Waals surface area contributed by atoms with Gasteiger partial charge in [0.1, 0.15) is 5.41 Å². The van der Waals surface area contributed by atoms with E-state index >= 15 is 0 Å². The van der Waals surface area contributed by atoms with Crippen molar-refractivity contribution in [3.05, 3.63) is 100 Å². The molecule has 1 aliphatic rings. The second kappa shape index (κ2) is 8.83. The summed E-state index contributed by atoms with van der Waals surface area (Å²) in [5, 5.41) is 12.5. The molecule has 0 saturated carbocycles. The number of fused-ring (bicyclic) bond motifs is 1. The Hall–Kier alpha value is -3.93. The number of rotatable bonds is 3. The molecule has 5 nitrogen and oxygen atoms in total. The second-order valence-electron chi connectivity index (χ2n) is 7.64. The van der Waals surface area contributed by atoms with Crippen molar-refractivity contribution in [2.24, 2.45) is 0 Å². The Morgan fingerprint density at radius 3 is 2.74 bits per heavy atom. The van der Waals surface area contributed by atoms with Crippen LogP contribution in [0, 0.1) is 23.2 Å². The molecule has 0 aliphatic carbocycles. The van der Waals surface area contributed by atoms with Crippen molar-refractivity contribution in [1.82, 2.24) is 10.3 Å². The number of hydrogen-bond acceptors (Lipinski definition) is 4. The number of benzene rings is 2. The minimum Gasteiger partial charge on any atom is -0.375 e. The van der Waals surface area contributed by atoms with Crippen molar-refractivity contribution in [2.45, 2.75) is 25.5 Å². The number of nitrogens with one attached hydrogen (secondary N) is 1. The summed E-state index contributed by atoms with van der Waals surface area (Å²) in [6.07, 6.45) is 1.69. The van der Waals surface area contributed by atoms with Crippen molar-refractivity contribution in [3.63, 3.8) is 0 Å². The zero-order chi connectivity index (χ0) is 21.7. The molecule has 3 aromatic rings. The summed E-state index contributed by atoms with van der Waals surface area (Å²) < 4.78 is 5.53. The van der Waals surface area contributed by atoms with Crippen LogP contribution in [0.25, 0.3) is 0 Å². The van der Waals surface area contributed by atoms with E-state index < -0.39 is 5.41 Å². The third-order valence-electron chi connectivity index (χ3n) is 5.23. The molecule has 0 spiro atoms. The first-order chi connectivity index (χ1) is 15.1. The fourth-order valence-electron chi connectivity index (χ4n) is 3.48. The van der Waals surface area contributed by atoms with Gasteiger partial charge in [-0.3, -0.25) is 9.78 Å². The highest BCUT2D eigenvalue weighted by Gasteiger charge is 2.33. The Bertz CT molecular complexity index is 1220. The van der Waals surface area contributed by atoms with E-state index in [0.717, 1.165) is 27.9 Å². The molecule has 1 N–H and O–H groups in total. The maximum atomic E-state index is 12.7. The lowest BCUT2D eigenvalue weighted by Crippen LogP contribution is -2.33. The number of carbonyl (C=O) groups is 1. The van der Waals surface area contributed by atoms with Crippen molar-refractivity contribution >= 4 is 5.91 Å². The van der Waals surface area contributed by atoms with Crippen LogP contribution in [0.5, 0.6) is 0 Å². The summed E-state index contributed by atoms with van der Waals surface area (Å²) in [6, 6.07) is 21.2. The van der Waals surface area contributed by atoms with E-state index in [2.05, 4.69) is 28.2 Å². The Labute approximate surface area is 181 Å². The average molecular weight is 407 g/mol. The van der Waals surface area contributed by atoms with E-state index in [1.807, 2.05) is 55.5 Å². The molecule has 4 rings (SSSR count). The zero-order valence-corrected chi connectivity index (χ0v) is 17.2. The molecule has 0 bridgehead atoms.